The third kappa shape index (κ3) is 14.1. The van der Waals surface area contributed by atoms with Gasteiger partial charge in [0.1, 0.15) is 4.32 Å². The van der Waals surface area contributed by atoms with Crippen molar-refractivity contribution in [3.05, 3.63) is 0 Å². The van der Waals surface area contributed by atoms with Gasteiger partial charge in [-0.3, -0.25) is 0 Å². The van der Waals surface area contributed by atoms with Gasteiger partial charge in [0.05, 0.1) is 78.8 Å². The zero-order valence-electron chi connectivity index (χ0n) is 13.4. The molecule has 1 unspecified atom stereocenters. The minimum atomic E-state index is -0.123. The topological polar surface area (TPSA) is 67.4 Å². The average molecular weight is 370 g/mol. The molecule has 1 heterocycles. The summed E-state index contributed by atoms with van der Waals surface area (Å²) in [5.41, 5.74) is 0. The second kappa shape index (κ2) is 15.5. The molecule has 1 fully saturated rings. The number of thiol groups is 1. The Balaban J connectivity index is 2.25. The molecule has 1 aliphatic heterocycles. The van der Waals surface area contributed by atoms with Crippen LogP contribution in [0.5, 0.6) is 0 Å². The van der Waals surface area contributed by atoms with Gasteiger partial charge in [-0.2, -0.15) is 0 Å². The maximum atomic E-state index is 5.73. The minimum absolute atomic E-state index is 0.123. The highest BCUT2D eigenvalue weighted by Crippen LogP contribution is 1.95. The molecule has 0 amide bonds. The van der Waals surface area contributed by atoms with Crippen LogP contribution >= 0.6 is 24.8 Å². The highest BCUT2D eigenvalue weighted by Gasteiger charge is 2.10. The van der Waals surface area contributed by atoms with Crippen molar-refractivity contribution in [3.63, 3.8) is 0 Å². The minimum Gasteiger partial charge on any atom is -0.377 e. The summed E-state index contributed by atoms with van der Waals surface area (Å²) in [6.45, 7) is 6.29. The molecule has 7 nitrogen and oxygen atoms in total. The first kappa shape index (κ1) is 21.0. The summed E-state index contributed by atoms with van der Waals surface area (Å²) in [6.07, 6.45) is -0.123. The summed E-state index contributed by atoms with van der Waals surface area (Å²) >= 11 is 8.92. The predicted molar refractivity (Wildman–Crippen MR) is 93.4 cm³/mol. The van der Waals surface area contributed by atoms with Crippen LogP contribution in [0.15, 0.2) is 0 Å². The predicted octanol–water partition coefficient (Wildman–Crippen LogP) is 0.273. The molecule has 9 heteroatoms. The lowest BCUT2D eigenvalue weighted by Gasteiger charge is -2.19. The van der Waals surface area contributed by atoms with Crippen LogP contribution in [0.1, 0.15) is 0 Å². The van der Waals surface area contributed by atoms with Crippen molar-refractivity contribution < 1.29 is 28.4 Å². The van der Waals surface area contributed by atoms with Crippen LogP contribution in [0.25, 0.3) is 0 Å². The molecule has 0 radical (unpaired) electrons. The molecular formula is C14H27NO6S2. The zero-order valence-corrected chi connectivity index (χ0v) is 15.1. The van der Waals surface area contributed by atoms with E-state index >= 15 is 0 Å². The Morgan fingerprint density at radius 1 is 0.783 bits per heavy atom. The van der Waals surface area contributed by atoms with Crippen molar-refractivity contribution in [3.8, 4) is 0 Å². The highest BCUT2D eigenvalue weighted by atomic mass is 32.1. The highest BCUT2D eigenvalue weighted by molar-refractivity contribution is 8.11. The van der Waals surface area contributed by atoms with Crippen LogP contribution in [-0.4, -0.2) is 89.6 Å². The third-order valence-electron chi connectivity index (χ3n) is 2.85. The van der Waals surface area contributed by atoms with E-state index in [0.717, 1.165) is 0 Å². The Hall–Kier alpha value is -0.0000000000000000971. The van der Waals surface area contributed by atoms with Gasteiger partial charge in [0.2, 0.25) is 0 Å². The monoisotopic (exact) mass is 369 g/mol. The molecule has 0 aromatic carbocycles. The van der Waals surface area contributed by atoms with Gasteiger partial charge in [0.25, 0.3) is 0 Å². The number of rotatable bonds is 2. The van der Waals surface area contributed by atoms with Gasteiger partial charge in [-0.1, -0.05) is 12.2 Å². The molecule has 0 aliphatic carbocycles. The summed E-state index contributed by atoms with van der Waals surface area (Å²) in [5.74, 6) is 0. The number of nitrogens with one attached hydrogen (secondary N) is 1. The largest absolute Gasteiger partial charge is 0.377 e. The molecule has 1 N–H and O–H groups in total. The molecule has 0 aromatic rings. The molecule has 0 spiro atoms. The normalized spacial score (nSPS) is 24.3. The first-order valence-electron chi connectivity index (χ1n) is 7.76. The molecule has 136 valence electrons. The lowest BCUT2D eigenvalue weighted by molar-refractivity contribution is -0.0584. The van der Waals surface area contributed by atoms with Gasteiger partial charge in [-0.15, -0.1) is 12.6 Å². The Labute approximate surface area is 148 Å². The van der Waals surface area contributed by atoms with Crippen LogP contribution in [-0.2, 0) is 28.4 Å². The molecule has 1 saturated heterocycles. The Kier molecular flexibility index (Phi) is 14.2. The quantitative estimate of drug-likeness (QED) is 0.531. The summed E-state index contributed by atoms with van der Waals surface area (Å²) in [4.78, 5) is 0. The van der Waals surface area contributed by atoms with Crippen LogP contribution in [0.2, 0.25) is 0 Å². The number of thiocarbonyl (C=S) groups is 1. The van der Waals surface area contributed by atoms with Crippen molar-refractivity contribution in [1.29, 1.82) is 0 Å². The van der Waals surface area contributed by atoms with E-state index in [0.29, 0.717) is 83.5 Å². The smallest absolute Gasteiger partial charge is 0.130 e. The fourth-order valence-corrected chi connectivity index (χ4v) is 1.91. The van der Waals surface area contributed by atoms with E-state index < -0.39 is 0 Å². The Bertz CT molecular complexity index is 280. The average Bonchev–Trinajstić information content (AvgIpc) is 2.53. The number of ether oxygens (including phenoxy) is 6. The van der Waals surface area contributed by atoms with Gasteiger partial charge >= 0.3 is 0 Å². The lowest BCUT2D eigenvalue weighted by Crippen LogP contribution is -2.35. The summed E-state index contributed by atoms with van der Waals surface area (Å²) in [7, 11) is 0. The van der Waals surface area contributed by atoms with Crippen molar-refractivity contribution in [2.75, 3.05) is 79.2 Å². The van der Waals surface area contributed by atoms with Crippen molar-refractivity contribution in [1.82, 2.24) is 5.32 Å². The first-order valence-corrected chi connectivity index (χ1v) is 8.61. The molecule has 1 rings (SSSR count). The lowest BCUT2D eigenvalue weighted by atomic mass is 10.4. The van der Waals surface area contributed by atoms with Crippen molar-refractivity contribution in [2.45, 2.75) is 6.10 Å². The molecule has 1 atom stereocenters. The van der Waals surface area contributed by atoms with Crippen LogP contribution < -0.4 is 5.32 Å². The van der Waals surface area contributed by atoms with Gasteiger partial charge in [0.15, 0.2) is 0 Å². The first-order chi connectivity index (χ1) is 11.3. The van der Waals surface area contributed by atoms with Crippen molar-refractivity contribution in [2.24, 2.45) is 0 Å². The molecule has 23 heavy (non-hydrogen) atoms. The standard InChI is InChI=1S/C14H27NO6S2/c22-14(23)15-11-13-12-20-8-7-18-4-3-16-1-2-17-5-6-19-9-10-21-13/h13H,1-12H2,(H2,15,22,23). The number of hydrogen-bond donors (Lipinski definition) is 2. The molecule has 1 aliphatic rings. The van der Waals surface area contributed by atoms with Crippen LogP contribution in [0.3, 0.4) is 0 Å². The van der Waals surface area contributed by atoms with E-state index in [9.17, 15) is 0 Å². The third-order valence-corrected chi connectivity index (χ3v) is 3.16. The van der Waals surface area contributed by atoms with Gasteiger partial charge in [-0.05, 0) is 0 Å². The van der Waals surface area contributed by atoms with Gasteiger partial charge in [-0.25, -0.2) is 0 Å². The molecule has 0 aromatic heterocycles. The Morgan fingerprint density at radius 2 is 1.22 bits per heavy atom. The summed E-state index contributed by atoms with van der Waals surface area (Å²) in [5, 5.41) is 2.97. The summed E-state index contributed by atoms with van der Waals surface area (Å²) < 4.78 is 33.3. The van der Waals surface area contributed by atoms with E-state index in [1.807, 2.05) is 0 Å². The van der Waals surface area contributed by atoms with Crippen LogP contribution in [0, 0.1) is 0 Å². The zero-order chi connectivity index (χ0) is 16.6. The maximum absolute atomic E-state index is 5.73. The summed E-state index contributed by atoms with van der Waals surface area (Å²) in [6, 6.07) is 0. The fraction of sp³-hybridized carbons (Fsp3) is 0.929. The van der Waals surface area contributed by atoms with E-state index in [1.165, 1.54) is 0 Å². The van der Waals surface area contributed by atoms with E-state index in [4.69, 9.17) is 40.6 Å². The SMILES string of the molecule is S=C(S)NCC1COCCOCCOCCOCCOCCO1. The molecule has 0 bridgehead atoms. The number of hydrogen-bond acceptors (Lipinski definition) is 7. The fourth-order valence-electron chi connectivity index (χ4n) is 1.74. The van der Waals surface area contributed by atoms with Gasteiger partial charge in [0, 0.05) is 6.54 Å². The second-order valence-electron chi connectivity index (χ2n) is 4.70. The second-order valence-corrected chi connectivity index (χ2v) is 5.86. The van der Waals surface area contributed by atoms with Crippen molar-refractivity contribution >= 4 is 29.2 Å². The Morgan fingerprint density at radius 3 is 1.70 bits per heavy atom. The van der Waals surface area contributed by atoms with E-state index in [2.05, 4.69) is 17.9 Å². The van der Waals surface area contributed by atoms with Crippen LogP contribution in [0.4, 0.5) is 0 Å². The molecule has 0 saturated carbocycles. The van der Waals surface area contributed by atoms with E-state index in [1.54, 1.807) is 0 Å². The van der Waals surface area contributed by atoms with Gasteiger partial charge < -0.3 is 33.7 Å². The maximum Gasteiger partial charge on any atom is 0.130 e. The van der Waals surface area contributed by atoms with E-state index in [-0.39, 0.29) is 6.10 Å². The molecular weight excluding hydrogens is 342 g/mol.